The Labute approximate surface area is 115 Å². The topological polar surface area (TPSA) is 120 Å². The number of nitrogens with zero attached hydrogens (tertiary/aromatic N) is 5. The predicted molar refractivity (Wildman–Crippen MR) is 62.3 cm³/mol. The summed E-state index contributed by atoms with van der Waals surface area (Å²) in [7, 11) is 0. The van der Waals surface area contributed by atoms with Crippen molar-refractivity contribution in [2.24, 2.45) is 0 Å². The molecule has 0 radical (unpaired) electrons. The van der Waals surface area contributed by atoms with Crippen LogP contribution in [0, 0.1) is 11.3 Å². The molecule has 0 bridgehead atoms. The number of nitrogens with one attached hydrogen (secondary N) is 2. The van der Waals surface area contributed by atoms with Gasteiger partial charge in [0, 0.05) is 6.20 Å². The Morgan fingerprint density at radius 2 is 2.00 bits per heavy atom. The zero-order chi connectivity index (χ0) is 15.5. The summed E-state index contributed by atoms with van der Waals surface area (Å²) in [4.78, 5) is 14.3. The summed E-state index contributed by atoms with van der Waals surface area (Å²) in [5.74, 6) is -0.824. The van der Waals surface area contributed by atoms with Crippen molar-refractivity contribution in [3.8, 4) is 23.6 Å². The number of nitriles is 1. The molecule has 0 atom stereocenters. The number of hydrazine groups is 1. The molecule has 0 saturated heterocycles. The molecule has 2 heterocycles. The average Bonchev–Trinajstić information content (AvgIpc) is 2.44. The summed E-state index contributed by atoms with van der Waals surface area (Å²) in [6.45, 7) is 0. The van der Waals surface area contributed by atoms with Gasteiger partial charge in [-0.2, -0.15) is 33.4 Å². The van der Waals surface area contributed by atoms with E-state index in [1.165, 1.54) is 18.3 Å². The van der Waals surface area contributed by atoms with E-state index in [1.54, 1.807) is 5.43 Å². The van der Waals surface area contributed by atoms with Crippen LogP contribution in [0.5, 0.6) is 6.01 Å². The molecule has 0 saturated carbocycles. The van der Waals surface area contributed by atoms with Gasteiger partial charge in [0.25, 0.3) is 0 Å². The van der Waals surface area contributed by atoms with Crippen molar-refractivity contribution in [2.45, 2.75) is 6.30 Å². The minimum Gasteiger partial charge on any atom is -0.479 e. The minimum atomic E-state index is -4.72. The Kier molecular flexibility index (Phi) is 3.81. The summed E-state index contributed by atoms with van der Waals surface area (Å²) in [5, 5.41) is 18.3. The number of alkyl halides is 3. The maximum atomic E-state index is 12.0. The number of pyridine rings is 1. The molecule has 2 aromatic rings. The highest BCUT2D eigenvalue weighted by Gasteiger charge is 2.27. The smallest absolute Gasteiger partial charge is 0.474 e. The fraction of sp³-hybridized carbons (Fsp3) is 0.100. The number of hydrogen-bond acceptors (Lipinski definition) is 8. The van der Waals surface area contributed by atoms with Crippen LogP contribution in [0.3, 0.4) is 0 Å². The molecule has 3 N–H and O–H groups in total. The van der Waals surface area contributed by atoms with Crippen molar-refractivity contribution < 1.29 is 18.3 Å². The second-order valence-corrected chi connectivity index (χ2v) is 3.54. The van der Waals surface area contributed by atoms with Crippen LogP contribution >= 0.6 is 0 Å². The van der Waals surface area contributed by atoms with Crippen LogP contribution in [0.1, 0.15) is 5.56 Å². The zero-order valence-electron chi connectivity index (χ0n) is 10.0. The van der Waals surface area contributed by atoms with Crippen LogP contribution in [-0.2, 0) is 0 Å². The van der Waals surface area contributed by atoms with Crippen LogP contribution in [0.25, 0.3) is 11.5 Å². The highest BCUT2D eigenvalue weighted by Crippen LogP contribution is 2.19. The molecule has 21 heavy (non-hydrogen) atoms. The maximum absolute atomic E-state index is 12.0. The van der Waals surface area contributed by atoms with E-state index < -0.39 is 18.3 Å². The summed E-state index contributed by atoms with van der Waals surface area (Å²) >= 11 is 0. The standard InChI is InChI=1S/C10H6F3N7O/c11-10(12,13)20-19-8-16-7(17-9(21)18-8)6-5(4-14)2-1-3-15-6/h1-3,20H,(H2,16,17,18,19,21). The Balaban J connectivity index is 2.37. The molecule has 8 nitrogen and oxygen atoms in total. The molecular weight excluding hydrogens is 291 g/mol. The van der Waals surface area contributed by atoms with Crippen molar-refractivity contribution in [2.75, 3.05) is 5.43 Å². The molecule has 0 spiro atoms. The highest BCUT2D eigenvalue weighted by molar-refractivity contribution is 5.60. The Bertz CT molecular complexity index is 698. The molecule has 0 unspecified atom stereocenters. The third-order valence-corrected chi connectivity index (χ3v) is 2.08. The van der Waals surface area contributed by atoms with E-state index >= 15 is 0 Å². The van der Waals surface area contributed by atoms with Crippen molar-refractivity contribution in [1.29, 1.82) is 5.26 Å². The number of halogens is 3. The molecular formula is C10H6F3N7O. The van der Waals surface area contributed by atoms with Crippen LogP contribution < -0.4 is 10.9 Å². The summed E-state index contributed by atoms with van der Waals surface area (Å²) in [6.07, 6.45) is -3.37. The fourth-order valence-electron chi connectivity index (χ4n) is 1.33. The lowest BCUT2D eigenvalue weighted by atomic mass is 10.2. The first-order valence-corrected chi connectivity index (χ1v) is 5.29. The first-order chi connectivity index (χ1) is 9.89. The van der Waals surface area contributed by atoms with Crippen LogP contribution in [0.15, 0.2) is 18.3 Å². The van der Waals surface area contributed by atoms with E-state index in [4.69, 9.17) is 5.26 Å². The zero-order valence-corrected chi connectivity index (χ0v) is 10.0. The molecule has 0 amide bonds. The average molecular weight is 297 g/mol. The van der Waals surface area contributed by atoms with Gasteiger partial charge in [-0.1, -0.05) is 0 Å². The fourth-order valence-corrected chi connectivity index (χ4v) is 1.33. The molecule has 0 aliphatic heterocycles. The van der Waals surface area contributed by atoms with E-state index in [2.05, 4.69) is 19.9 Å². The van der Waals surface area contributed by atoms with Gasteiger partial charge in [-0.05, 0) is 12.1 Å². The maximum Gasteiger partial charge on any atom is 0.474 e. The van der Waals surface area contributed by atoms with Gasteiger partial charge < -0.3 is 5.11 Å². The number of aromatic nitrogens is 4. The normalized spacial score (nSPS) is 11.0. The number of anilines is 1. The van der Waals surface area contributed by atoms with E-state index in [9.17, 15) is 18.3 Å². The van der Waals surface area contributed by atoms with Crippen molar-refractivity contribution in [3.63, 3.8) is 0 Å². The Hall–Kier alpha value is -3.00. The van der Waals surface area contributed by atoms with Crippen LogP contribution in [0.4, 0.5) is 19.1 Å². The van der Waals surface area contributed by atoms with Crippen molar-refractivity contribution in [3.05, 3.63) is 23.9 Å². The highest BCUT2D eigenvalue weighted by atomic mass is 19.4. The van der Waals surface area contributed by atoms with E-state index in [0.29, 0.717) is 0 Å². The summed E-state index contributed by atoms with van der Waals surface area (Å²) in [5.41, 5.74) is 2.74. The van der Waals surface area contributed by atoms with Crippen LogP contribution in [0.2, 0.25) is 0 Å². The largest absolute Gasteiger partial charge is 0.479 e. The monoisotopic (exact) mass is 297 g/mol. The predicted octanol–water partition coefficient (Wildman–Crippen LogP) is 0.947. The lowest BCUT2D eigenvalue weighted by molar-refractivity contribution is -0.151. The molecule has 0 fully saturated rings. The van der Waals surface area contributed by atoms with Gasteiger partial charge >= 0.3 is 12.3 Å². The minimum absolute atomic E-state index is 0.00718. The first-order valence-electron chi connectivity index (χ1n) is 5.29. The van der Waals surface area contributed by atoms with Crippen molar-refractivity contribution >= 4 is 5.95 Å². The SMILES string of the molecule is N#Cc1cccnc1-c1nc(O)nc(NNC(F)(F)F)n1. The van der Waals surface area contributed by atoms with Crippen molar-refractivity contribution in [1.82, 2.24) is 25.4 Å². The van der Waals surface area contributed by atoms with E-state index in [-0.39, 0.29) is 17.1 Å². The number of rotatable bonds is 3. The quantitative estimate of drug-likeness (QED) is 0.565. The number of hydrogen-bond donors (Lipinski definition) is 3. The van der Waals surface area contributed by atoms with Gasteiger partial charge in [-0.3, -0.25) is 10.4 Å². The third-order valence-electron chi connectivity index (χ3n) is 2.08. The Morgan fingerprint density at radius 3 is 2.67 bits per heavy atom. The molecule has 2 aromatic heterocycles. The van der Waals surface area contributed by atoms with Gasteiger partial charge in [0.05, 0.1) is 5.56 Å². The molecule has 0 aliphatic rings. The lowest BCUT2D eigenvalue weighted by Gasteiger charge is -2.10. The second-order valence-electron chi connectivity index (χ2n) is 3.54. The number of aromatic hydroxyl groups is 1. The van der Waals surface area contributed by atoms with E-state index in [0.717, 1.165) is 5.43 Å². The molecule has 108 valence electrons. The molecule has 11 heteroatoms. The lowest BCUT2D eigenvalue weighted by Crippen LogP contribution is -2.37. The molecule has 0 aromatic carbocycles. The van der Waals surface area contributed by atoms with Crippen LogP contribution in [-0.4, -0.2) is 31.3 Å². The molecule has 2 rings (SSSR count). The van der Waals surface area contributed by atoms with Gasteiger partial charge in [-0.25, -0.2) is 0 Å². The summed E-state index contributed by atoms with van der Waals surface area (Å²) in [6, 6.07) is 3.92. The van der Waals surface area contributed by atoms with Gasteiger partial charge in [0.1, 0.15) is 11.8 Å². The Morgan fingerprint density at radius 1 is 1.24 bits per heavy atom. The first kappa shape index (κ1) is 14.4. The molecule has 0 aliphatic carbocycles. The van der Waals surface area contributed by atoms with E-state index in [1.807, 2.05) is 6.07 Å². The second kappa shape index (κ2) is 5.55. The van der Waals surface area contributed by atoms with Gasteiger partial charge in [0.2, 0.25) is 5.95 Å². The van der Waals surface area contributed by atoms with Gasteiger partial charge in [-0.15, -0.1) is 5.43 Å². The van der Waals surface area contributed by atoms with Gasteiger partial charge in [0.15, 0.2) is 5.82 Å². The third kappa shape index (κ3) is 3.74. The summed E-state index contributed by atoms with van der Waals surface area (Å²) < 4.78 is 36.1.